The highest BCUT2D eigenvalue weighted by atomic mass is 16.1. The van der Waals surface area contributed by atoms with Gasteiger partial charge in [0, 0.05) is 18.0 Å². The maximum absolute atomic E-state index is 12.7. The summed E-state index contributed by atoms with van der Waals surface area (Å²) in [6.45, 7) is 6.82. The number of aromatic nitrogens is 2. The van der Waals surface area contributed by atoms with Gasteiger partial charge in [-0.15, -0.1) is 0 Å². The number of hydrogen-bond donors (Lipinski definition) is 2. The molecule has 0 saturated carbocycles. The zero-order valence-electron chi connectivity index (χ0n) is 15.4. The zero-order chi connectivity index (χ0) is 18.4. The number of hydrogen-bond acceptors (Lipinski definition) is 3. The number of para-hydroxylation sites is 1. The first-order valence-corrected chi connectivity index (χ1v) is 9.22. The first-order chi connectivity index (χ1) is 12.7. The fourth-order valence-corrected chi connectivity index (χ4v) is 3.39. The third-order valence-corrected chi connectivity index (χ3v) is 4.83. The molecule has 3 aromatic rings. The van der Waals surface area contributed by atoms with E-state index in [4.69, 9.17) is 0 Å². The topological polar surface area (TPSA) is 61.0 Å². The summed E-state index contributed by atoms with van der Waals surface area (Å²) in [5.74, 6) is -0.132. The highest BCUT2D eigenvalue weighted by Crippen LogP contribution is 2.15. The summed E-state index contributed by atoms with van der Waals surface area (Å²) in [7, 11) is 0. The van der Waals surface area contributed by atoms with Crippen LogP contribution in [0.4, 0.5) is 0 Å². The van der Waals surface area contributed by atoms with Crippen molar-refractivity contribution in [1.29, 1.82) is 0 Å². The Balaban J connectivity index is 1.71. The lowest BCUT2D eigenvalue weighted by molar-refractivity contribution is 0.0931. The van der Waals surface area contributed by atoms with Gasteiger partial charge in [0.1, 0.15) is 0 Å². The summed E-state index contributed by atoms with van der Waals surface area (Å²) in [6, 6.07) is 18.4. The highest BCUT2D eigenvalue weighted by Gasteiger charge is 2.19. The molecule has 5 nitrogen and oxygen atoms in total. The molecule has 3 rings (SSSR count). The molecule has 0 aliphatic carbocycles. The van der Waals surface area contributed by atoms with Gasteiger partial charge in [-0.1, -0.05) is 62.4 Å². The van der Waals surface area contributed by atoms with Gasteiger partial charge in [-0.2, -0.15) is 5.10 Å². The molecule has 0 bridgehead atoms. The van der Waals surface area contributed by atoms with Crippen LogP contribution in [-0.2, 0) is 6.42 Å². The Hall–Kier alpha value is -2.66. The lowest BCUT2D eigenvalue weighted by atomic mass is 10.0. The van der Waals surface area contributed by atoms with Crippen molar-refractivity contribution in [2.24, 2.45) is 0 Å². The first-order valence-electron chi connectivity index (χ1n) is 9.22. The molecule has 0 aliphatic heterocycles. The minimum absolute atomic E-state index is 0.132. The number of aromatic amines is 1. The molecule has 1 aromatic heterocycles. The molecule has 5 heteroatoms. The molecule has 1 amide bonds. The van der Waals surface area contributed by atoms with E-state index in [1.165, 1.54) is 5.56 Å². The van der Waals surface area contributed by atoms with Crippen LogP contribution in [0.25, 0.3) is 10.9 Å². The summed E-state index contributed by atoms with van der Waals surface area (Å²) in [5.41, 5.74) is 2.62. The average Bonchev–Trinajstić information content (AvgIpc) is 3.11. The number of carbonyl (C=O) groups excluding carboxylic acids is 1. The molecule has 0 fully saturated rings. The van der Waals surface area contributed by atoms with E-state index in [9.17, 15) is 4.79 Å². The van der Waals surface area contributed by atoms with Crippen molar-refractivity contribution in [2.75, 3.05) is 19.6 Å². The number of H-pyrrole nitrogens is 1. The zero-order valence-corrected chi connectivity index (χ0v) is 15.4. The van der Waals surface area contributed by atoms with Crippen molar-refractivity contribution < 1.29 is 4.79 Å². The second-order valence-corrected chi connectivity index (χ2v) is 6.39. The smallest absolute Gasteiger partial charge is 0.272 e. The molecule has 136 valence electrons. The van der Waals surface area contributed by atoms with E-state index in [0.29, 0.717) is 12.2 Å². The maximum atomic E-state index is 12.7. The van der Waals surface area contributed by atoms with Crippen LogP contribution in [0.15, 0.2) is 54.6 Å². The molecule has 1 atom stereocenters. The minimum atomic E-state index is -0.132. The molecular weight excluding hydrogens is 324 g/mol. The molecule has 1 heterocycles. The number of fused-ring (bicyclic) bond motifs is 1. The van der Waals surface area contributed by atoms with Crippen molar-refractivity contribution >= 4 is 16.8 Å². The number of amides is 1. The highest BCUT2D eigenvalue weighted by molar-refractivity contribution is 6.04. The van der Waals surface area contributed by atoms with Crippen molar-refractivity contribution in [3.05, 3.63) is 65.9 Å². The van der Waals surface area contributed by atoms with Gasteiger partial charge in [0.15, 0.2) is 5.69 Å². The van der Waals surface area contributed by atoms with E-state index in [1.807, 2.05) is 30.3 Å². The van der Waals surface area contributed by atoms with Crippen LogP contribution in [0.1, 0.15) is 29.9 Å². The Morgan fingerprint density at radius 3 is 2.50 bits per heavy atom. The Morgan fingerprint density at radius 2 is 1.77 bits per heavy atom. The van der Waals surface area contributed by atoms with Crippen molar-refractivity contribution in [1.82, 2.24) is 20.4 Å². The second kappa shape index (κ2) is 8.63. The standard InChI is InChI=1S/C21H26N4O/c1-3-25(4-2)17(14-16-10-6-5-7-11-16)15-22-21(26)20-18-12-8-9-13-19(18)23-24-20/h5-13,17H,3-4,14-15H2,1-2H3,(H,22,26)(H,23,24)/t17-/m0/s1. The quantitative estimate of drug-likeness (QED) is 0.656. The molecule has 2 aromatic carbocycles. The number of nitrogens with one attached hydrogen (secondary N) is 2. The van der Waals surface area contributed by atoms with E-state index in [0.717, 1.165) is 30.4 Å². The lowest BCUT2D eigenvalue weighted by Crippen LogP contribution is -2.45. The summed E-state index contributed by atoms with van der Waals surface area (Å²) >= 11 is 0. The van der Waals surface area contributed by atoms with Gasteiger partial charge in [-0.05, 0) is 31.1 Å². The third-order valence-electron chi connectivity index (χ3n) is 4.83. The van der Waals surface area contributed by atoms with Gasteiger partial charge in [-0.25, -0.2) is 0 Å². The van der Waals surface area contributed by atoms with Crippen LogP contribution in [0, 0.1) is 0 Å². The van der Waals surface area contributed by atoms with Crippen LogP contribution < -0.4 is 5.32 Å². The van der Waals surface area contributed by atoms with Crippen LogP contribution in [-0.4, -0.2) is 46.7 Å². The Labute approximate surface area is 154 Å². The van der Waals surface area contributed by atoms with Crippen molar-refractivity contribution in [2.45, 2.75) is 26.3 Å². The van der Waals surface area contributed by atoms with Crippen molar-refractivity contribution in [3.63, 3.8) is 0 Å². The molecule has 0 unspecified atom stereocenters. The number of rotatable bonds is 8. The first kappa shape index (κ1) is 18.1. The van der Waals surface area contributed by atoms with E-state index in [-0.39, 0.29) is 11.9 Å². The SMILES string of the molecule is CCN(CC)[C@H](CNC(=O)c1n[nH]c2ccccc12)Cc1ccccc1. The number of nitrogens with zero attached hydrogens (tertiary/aromatic N) is 2. The third kappa shape index (κ3) is 4.11. The molecule has 0 radical (unpaired) electrons. The Kier molecular flexibility index (Phi) is 6.02. The molecule has 2 N–H and O–H groups in total. The van der Waals surface area contributed by atoms with Crippen LogP contribution in [0.5, 0.6) is 0 Å². The fraction of sp³-hybridized carbons (Fsp3) is 0.333. The Bertz CT molecular complexity index is 839. The van der Waals surface area contributed by atoms with Crippen molar-refractivity contribution in [3.8, 4) is 0 Å². The molecule has 26 heavy (non-hydrogen) atoms. The molecule has 0 spiro atoms. The van der Waals surface area contributed by atoms with Crippen LogP contribution >= 0.6 is 0 Å². The summed E-state index contributed by atoms with van der Waals surface area (Å²) in [4.78, 5) is 15.0. The average molecular weight is 350 g/mol. The second-order valence-electron chi connectivity index (χ2n) is 6.39. The summed E-state index contributed by atoms with van der Waals surface area (Å²) in [5, 5.41) is 11.0. The van der Waals surface area contributed by atoms with Gasteiger partial charge in [0.25, 0.3) is 5.91 Å². The predicted molar refractivity (Wildman–Crippen MR) is 105 cm³/mol. The number of carbonyl (C=O) groups is 1. The van der Waals surface area contributed by atoms with E-state index >= 15 is 0 Å². The number of benzene rings is 2. The monoisotopic (exact) mass is 350 g/mol. The van der Waals surface area contributed by atoms with E-state index in [1.54, 1.807) is 0 Å². The summed E-state index contributed by atoms with van der Waals surface area (Å²) in [6.07, 6.45) is 0.907. The fourth-order valence-electron chi connectivity index (χ4n) is 3.39. The van der Waals surface area contributed by atoms with Gasteiger partial charge in [-0.3, -0.25) is 14.8 Å². The summed E-state index contributed by atoms with van der Waals surface area (Å²) < 4.78 is 0. The van der Waals surface area contributed by atoms with E-state index < -0.39 is 0 Å². The molecule has 0 saturated heterocycles. The maximum Gasteiger partial charge on any atom is 0.272 e. The molecular formula is C21H26N4O. The van der Waals surface area contributed by atoms with Gasteiger partial charge < -0.3 is 5.32 Å². The van der Waals surface area contributed by atoms with Crippen LogP contribution in [0.2, 0.25) is 0 Å². The number of likely N-dealkylation sites (N-methyl/N-ethyl adjacent to an activating group) is 1. The van der Waals surface area contributed by atoms with Gasteiger partial charge in [0.05, 0.1) is 5.52 Å². The van der Waals surface area contributed by atoms with Gasteiger partial charge in [0.2, 0.25) is 0 Å². The largest absolute Gasteiger partial charge is 0.349 e. The minimum Gasteiger partial charge on any atom is -0.349 e. The lowest BCUT2D eigenvalue weighted by Gasteiger charge is -2.30. The Morgan fingerprint density at radius 1 is 1.08 bits per heavy atom. The molecule has 0 aliphatic rings. The van der Waals surface area contributed by atoms with E-state index in [2.05, 4.69) is 58.5 Å². The van der Waals surface area contributed by atoms with Gasteiger partial charge >= 0.3 is 0 Å². The predicted octanol–water partition coefficient (Wildman–Crippen LogP) is 3.25. The normalized spacial score (nSPS) is 12.4. The van der Waals surface area contributed by atoms with Crippen LogP contribution in [0.3, 0.4) is 0 Å².